The maximum Gasteiger partial charge on any atom is 0 e. The second kappa shape index (κ2) is 17.0. The van der Waals surface area contributed by atoms with Crippen LogP contribution in [0.25, 0.3) is 72.4 Å². The molecule has 0 spiro atoms. The van der Waals surface area contributed by atoms with Crippen molar-refractivity contribution in [3.63, 3.8) is 0 Å². The molecular weight excluding hydrogens is 949 g/mol. The van der Waals surface area contributed by atoms with Crippen LogP contribution in [0.1, 0.15) is 56.4 Å². The third kappa shape index (κ3) is 8.24. The first-order chi connectivity index (χ1) is 27.5. The summed E-state index contributed by atoms with van der Waals surface area (Å²) in [4.78, 5) is 14.1. The van der Waals surface area contributed by atoms with Gasteiger partial charge in [0.15, 0.2) is 0 Å². The molecule has 0 atom stereocenters. The minimum atomic E-state index is -1.83. The Morgan fingerprint density at radius 3 is 2.02 bits per heavy atom. The fourth-order valence-corrected chi connectivity index (χ4v) is 9.61. The molecule has 9 rings (SSSR count). The number of fused-ring (bicyclic) bond motifs is 4. The van der Waals surface area contributed by atoms with E-state index in [1.54, 1.807) is 0 Å². The van der Waals surface area contributed by atoms with Crippen LogP contribution >= 0.6 is 0 Å². The van der Waals surface area contributed by atoms with E-state index in [-0.39, 0.29) is 20.1 Å². The summed E-state index contributed by atoms with van der Waals surface area (Å²) in [7, 11) is 0. The molecule has 0 aliphatic carbocycles. The number of hydrogen-bond donors (Lipinski definition) is 0. The molecule has 4 aromatic heterocycles. The molecule has 0 bridgehead atoms. The van der Waals surface area contributed by atoms with Crippen LogP contribution in [0.15, 0.2) is 138 Å². The molecule has 0 unspecified atom stereocenters. The van der Waals surface area contributed by atoms with E-state index >= 15 is 0 Å². The summed E-state index contributed by atoms with van der Waals surface area (Å²) in [6.07, 6.45) is 3.91. The van der Waals surface area contributed by atoms with Crippen molar-refractivity contribution in [1.82, 2.24) is 19.5 Å². The second-order valence-electron chi connectivity index (χ2n) is 16.4. The maximum absolute atomic E-state index is 5.90. The number of para-hydroxylation sites is 2. The molecule has 293 valence electrons. The van der Waals surface area contributed by atoms with Crippen LogP contribution in [0.4, 0.5) is 0 Å². The van der Waals surface area contributed by atoms with Gasteiger partial charge in [0.1, 0.15) is 0 Å². The van der Waals surface area contributed by atoms with E-state index in [1.165, 1.54) is 32.3 Å². The average molecular weight is 998 g/mol. The Kier molecular flexibility index (Phi) is 12.0. The van der Waals surface area contributed by atoms with Crippen LogP contribution in [0.5, 0.6) is 0 Å². The standard InChI is InChI=1S/C31H29N2.C20H19GeN2O.Ir/c1-21(2)26-19-25(23-13-7-5-8-14-23)20-27(22(3)4)30(26)33-29-18-12-11-17-28(29)32-31(33)24-15-9-6-10-16-24;1-13-9-20-17(12-22-13)16-10-14(5-8-19(16)24-20)18-7-6-15(11-23-18)21(2,3)4;/h5-15,17-22H,1-4H3;6-12H,1-4H3;/q2*-1;. The topological polar surface area (TPSA) is 56.7 Å². The smallest absolute Gasteiger partial charge is 0 e. The summed E-state index contributed by atoms with van der Waals surface area (Å²) in [6, 6.07) is 49.0. The van der Waals surface area contributed by atoms with Crippen molar-refractivity contribution in [1.29, 1.82) is 0 Å². The van der Waals surface area contributed by atoms with Crippen LogP contribution in [-0.2, 0) is 20.1 Å². The molecule has 1 radical (unpaired) electrons. The third-order valence-electron chi connectivity index (χ3n) is 10.6. The van der Waals surface area contributed by atoms with Crippen molar-refractivity contribution in [2.24, 2.45) is 0 Å². The molecule has 7 heteroatoms. The number of imidazole rings is 1. The van der Waals surface area contributed by atoms with Gasteiger partial charge in [-0.15, -0.1) is 35.9 Å². The van der Waals surface area contributed by atoms with Crippen LogP contribution in [0.3, 0.4) is 0 Å². The Morgan fingerprint density at radius 1 is 0.655 bits per heavy atom. The molecule has 5 aromatic carbocycles. The average Bonchev–Trinajstić information content (AvgIpc) is 3.78. The largest absolute Gasteiger partial charge is 0 e. The summed E-state index contributed by atoms with van der Waals surface area (Å²) in [6.45, 7) is 11.1. The van der Waals surface area contributed by atoms with Crippen LogP contribution < -0.4 is 4.40 Å². The molecule has 0 aliphatic rings. The van der Waals surface area contributed by atoms with E-state index in [0.717, 1.165) is 61.3 Å². The van der Waals surface area contributed by atoms with Gasteiger partial charge in [0.25, 0.3) is 0 Å². The Balaban J connectivity index is 0.000000182. The molecule has 0 amide bonds. The van der Waals surface area contributed by atoms with Crippen LogP contribution in [0, 0.1) is 19.1 Å². The quantitative estimate of drug-likeness (QED) is 0.118. The van der Waals surface area contributed by atoms with E-state index in [0.29, 0.717) is 11.8 Å². The molecule has 4 heterocycles. The van der Waals surface area contributed by atoms with Gasteiger partial charge >= 0.3 is 144 Å². The summed E-state index contributed by atoms with van der Waals surface area (Å²) in [5, 5.41) is 2.10. The van der Waals surface area contributed by atoms with Gasteiger partial charge in [-0.3, -0.25) is 4.98 Å². The zero-order chi connectivity index (χ0) is 39.8. The van der Waals surface area contributed by atoms with Gasteiger partial charge in [0.05, 0.1) is 16.9 Å². The van der Waals surface area contributed by atoms with E-state index in [1.807, 2.05) is 43.6 Å². The summed E-state index contributed by atoms with van der Waals surface area (Å²) in [5.74, 6) is 8.78. The molecule has 9 aromatic rings. The number of hydrogen-bond acceptors (Lipinski definition) is 4. The molecule has 0 aliphatic heterocycles. The van der Waals surface area contributed by atoms with Gasteiger partial charge in [-0.05, 0) is 58.4 Å². The molecule has 5 nitrogen and oxygen atoms in total. The predicted molar refractivity (Wildman–Crippen MR) is 240 cm³/mol. The molecule has 58 heavy (non-hydrogen) atoms. The Labute approximate surface area is 358 Å². The number of aryl methyl sites for hydroxylation is 1. The fourth-order valence-electron chi connectivity index (χ4n) is 7.44. The van der Waals surface area contributed by atoms with Crippen molar-refractivity contribution in [3.05, 3.63) is 163 Å². The molecule has 0 saturated heterocycles. The van der Waals surface area contributed by atoms with Crippen molar-refractivity contribution in [3.8, 4) is 39.5 Å². The van der Waals surface area contributed by atoms with E-state index in [4.69, 9.17) is 9.40 Å². The Morgan fingerprint density at radius 2 is 1.36 bits per heavy atom. The van der Waals surface area contributed by atoms with Gasteiger partial charge in [-0.2, -0.15) is 0 Å². The maximum atomic E-state index is 5.90. The molecule has 0 N–H and O–H groups in total. The van der Waals surface area contributed by atoms with Crippen LogP contribution in [0.2, 0.25) is 17.3 Å². The third-order valence-corrected chi connectivity index (χ3v) is 14.8. The first kappa shape index (κ1) is 41.0. The van der Waals surface area contributed by atoms with Gasteiger partial charge < -0.3 is 4.57 Å². The number of nitrogens with zero attached hydrogens (tertiary/aromatic N) is 4. The monoisotopic (exact) mass is 999 g/mol. The number of benzene rings is 5. The number of rotatable bonds is 7. The van der Waals surface area contributed by atoms with Crippen molar-refractivity contribution in [2.45, 2.75) is 63.7 Å². The minimum absolute atomic E-state index is 0. The number of furan rings is 1. The van der Waals surface area contributed by atoms with E-state index in [9.17, 15) is 0 Å². The first-order valence-electron chi connectivity index (χ1n) is 19.8. The molecule has 0 fully saturated rings. The van der Waals surface area contributed by atoms with E-state index in [2.05, 4.69) is 169 Å². The number of pyridine rings is 2. The normalized spacial score (nSPS) is 11.6. The van der Waals surface area contributed by atoms with Crippen molar-refractivity contribution in [2.75, 3.05) is 0 Å². The van der Waals surface area contributed by atoms with Gasteiger partial charge in [0, 0.05) is 25.8 Å². The fraction of sp³-hybridized carbons (Fsp3) is 0.196. The van der Waals surface area contributed by atoms with Gasteiger partial charge in [-0.25, -0.2) is 0 Å². The van der Waals surface area contributed by atoms with Gasteiger partial charge in [-0.1, -0.05) is 70.2 Å². The zero-order valence-electron chi connectivity index (χ0n) is 34.4. The zero-order valence-corrected chi connectivity index (χ0v) is 38.9. The predicted octanol–water partition coefficient (Wildman–Crippen LogP) is 13.1. The summed E-state index contributed by atoms with van der Waals surface area (Å²) < 4.78 is 9.68. The Bertz CT molecular complexity index is 2810. The first-order valence-corrected chi connectivity index (χ1v) is 27.2. The summed E-state index contributed by atoms with van der Waals surface area (Å²) in [5.41, 5.74) is 14.2. The molecule has 0 saturated carbocycles. The van der Waals surface area contributed by atoms with Crippen molar-refractivity contribution < 1.29 is 24.5 Å². The van der Waals surface area contributed by atoms with Crippen LogP contribution in [-0.4, -0.2) is 32.8 Å². The minimum Gasteiger partial charge on any atom is 0 e. The number of aromatic nitrogens is 4. The van der Waals surface area contributed by atoms with Crippen molar-refractivity contribution >= 4 is 50.6 Å². The SMILES string of the molecule is CC(C)c1cc(-c2ccccc2)cc(C(C)C)c1-n1c(-c2[c-]cccc2)nc2ccccc21.Cc1cc2oc3c[c-]c(-c4cc[c]([Ge]([CH3])([CH3])[CH3])cn4)cc3c2cn1.[Ir]. The Hall–Kier alpha value is -5.14. The summed E-state index contributed by atoms with van der Waals surface area (Å²) >= 11 is -1.83. The second-order valence-corrected chi connectivity index (χ2v) is 27.1. The van der Waals surface area contributed by atoms with Gasteiger partial charge in [0.2, 0.25) is 0 Å². The molecular formula is C51H48GeIrN4O-2. The van der Waals surface area contributed by atoms with E-state index < -0.39 is 13.3 Å².